The van der Waals surface area contributed by atoms with Crippen LogP contribution in [0, 0.1) is 0 Å². The second-order valence-corrected chi connectivity index (χ2v) is 4.97. The van der Waals surface area contributed by atoms with E-state index in [4.69, 9.17) is 15.2 Å². The number of rotatable bonds is 7. The van der Waals surface area contributed by atoms with E-state index in [1.807, 2.05) is 54.6 Å². The number of benzene rings is 2. The second kappa shape index (κ2) is 7.22. The molecular formula is C17H21NO3. The molecule has 0 aliphatic heterocycles. The summed E-state index contributed by atoms with van der Waals surface area (Å²) in [6, 6.07) is 16.9. The zero-order valence-electron chi connectivity index (χ0n) is 12.2. The Kier molecular flexibility index (Phi) is 5.33. The van der Waals surface area contributed by atoms with Crippen LogP contribution in [-0.4, -0.2) is 25.4 Å². The van der Waals surface area contributed by atoms with Gasteiger partial charge < -0.3 is 20.3 Å². The second-order valence-electron chi connectivity index (χ2n) is 4.97. The van der Waals surface area contributed by atoms with Gasteiger partial charge in [-0.15, -0.1) is 0 Å². The van der Waals surface area contributed by atoms with E-state index in [9.17, 15) is 5.11 Å². The van der Waals surface area contributed by atoms with E-state index >= 15 is 0 Å². The lowest BCUT2D eigenvalue weighted by Crippen LogP contribution is -2.40. The Balaban J connectivity index is 2.08. The molecule has 0 saturated carbocycles. The van der Waals surface area contributed by atoms with Crippen LogP contribution in [0.5, 0.6) is 5.75 Å². The molecule has 0 fully saturated rings. The van der Waals surface area contributed by atoms with E-state index < -0.39 is 5.60 Å². The number of hydrogen-bond acceptors (Lipinski definition) is 4. The van der Waals surface area contributed by atoms with Crippen molar-refractivity contribution in [3.05, 3.63) is 65.7 Å². The van der Waals surface area contributed by atoms with Crippen molar-refractivity contribution in [2.45, 2.75) is 12.2 Å². The van der Waals surface area contributed by atoms with Crippen LogP contribution in [0.2, 0.25) is 0 Å². The maximum atomic E-state index is 10.7. The smallest absolute Gasteiger partial charge is 0.136 e. The maximum Gasteiger partial charge on any atom is 0.136 e. The average molecular weight is 287 g/mol. The molecular weight excluding hydrogens is 266 g/mol. The van der Waals surface area contributed by atoms with Gasteiger partial charge >= 0.3 is 0 Å². The summed E-state index contributed by atoms with van der Waals surface area (Å²) in [5.74, 6) is 0.687. The van der Waals surface area contributed by atoms with Crippen molar-refractivity contribution in [1.29, 1.82) is 0 Å². The fraction of sp³-hybridized carbons (Fsp3) is 0.294. The quantitative estimate of drug-likeness (QED) is 0.818. The molecule has 1 unspecified atom stereocenters. The predicted molar refractivity (Wildman–Crippen MR) is 82.0 cm³/mol. The van der Waals surface area contributed by atoms with Crippen LogP contribution in [0.25, 0.3) is 0 Å². The minimum atomic E-state index is -1.20. The zero-order valence-corrected chi connectivity index (χ0v) is 12.2. The summed E-state index contributed by atoms with van der Waals surface area (Å²) < 4.78 is 10.8. The van der Waals surface area contributed by atoms with E-state index in [2.05, 4.69) is 0 Å². The molecule has 2 aromatic carbocycles. The first-order chi connectivity index (χ1) is 10.2. The van der Waals surface area contributed by atoms with Gasteiger partial charge in [0, 0.05) is 13.7 Å². The van der Waals surface area contributed by atoms with Crippen LogP contribution >= 0.6 is 0 Å². The molecule has 4 heteroatoms. The summed E-state index contributed by atoms with van der Waals surface area (Å²) in [6.07, 6.45) is 0. The topological polar surface area (TPSA) is 64.7 Å². The lowest BCUT2D eigenvalue weighted by Gasteiger charge is -2.27. The number of nitrogens with two attached hydrogens (primary N) is 1. The van der Waals surface area contributed by atoms with Gasteiger partial charge in [0.2, 0.25) is 0 Å². The third kappa shape index (κ3) is 4.04. The number of hydrogen-bond donors (Lipinski definition) is 2. The van der Waals surface area contributed by atoms with Crippen molar-refractivity contribution in [3.63, 3.8) is 0 Å². The van der Waals surface area contributed by atoms with E-state index in [0.29, 0.717) is 12.4 Å². The maximum absolute atomic E-state index is 10.7. The van der Waals surface area contributed by atoms with Gasteiger partial charge in [-0.05, 0) is 23.3 Å². The largest absolute Gasteiger partial charge is 0.490 e. The lowest BCUT2D eigenvalue weighted by atomic mass is 9.95. The van der Waals surface area contributed by atoms with Crippen molar-refractivity contribution in [1.82, 2.24) is 0 Å². The number of ether oxygens (including phenoxy) is 2. The minimum Gasteiger partial charge on any atom is -0.490 e. The molecule has 0 amide bonds. The normalized spacial score (nSPS) is 13.7. The molecule has 0 heterocycles. The summed E-state index contributed by atoms with van der Waals surface area (Å²) in [7, 11) is 1.65. The summed E-state index contributed by atoms with van der Waals surface area (Å²) in [6.45, 7) is 0.718. The molecule has 2 aromatic rings. The lowest BCUT2D eigenvalue weighted by molar-refractivity contribution is -0.00150. The molecule has 3 N–H and O–H groups in total. The highest BCUT2D eigenvalue weighted by Gasteiger charge is 2.28. The molecule has 0 bridgehead atoms. The molecule has 0 radical (unpaired) electrons. The molecule has 4 nitrogen and oxygen atoms in total. The van der Waals surface area contributed by atoms with Crippen LogP contribution in [0.3, 0.4) is 0 Å². The van der Waals surface area contributed by atoms with Gasteiger partial charge in [-0.1, -0.05) is 42.5 Å². The Hall–Kier alpha value is -1.88. The monoisotopic (exact) mass is 287 g/mol. The first kappa shape index (κ1) is 15.5. The van der Waals surface area contributed by atoms with Gasteiger partial charge in [0.05, 0.1) is 6.61 Å². The Bertz CT molecular complexity index is 559. The number of methoxy groups -OCH3 is 1. The van der Waals surface area contributed by atoms with Crippen molar-refractivity contribution in [2.24, 2.45) is 5.73 Å². The summed E-state index contributed by atoms with van der Waals surface area (Å²) in [5, 5.41) is 10.7. The van der Waals surface area contributed by atoms with E-state index in [-0.39, 0.29) is 13.2 Å². The van der Waals surface area contributed by atoms with Gasteiger partial charge in [-0.2, -0.15) is 0 Å². The fourth-order valence-electron chi connectivity index (χ4n) is 2.10. The van der Waals surface area contributed by atoms with Crippen LogP contribution in [0.1, 0.15) is 11.1 Å². The number of aliphatic hydroxyl groups is 1. The van der Waals surface area contributed by atoms with E-state index in [1.54, 1.807) is 7.11 Å². The molecule has 0 saturated heterocycles. The minimum absolute atomic E-state index is 0.0920. The van der Waals surface area contributed by atoms with Crippen molar-refractivity contribution < 1.29 is 14.6 Å². The van der Waals surface area contributed by atoms with Crippen LogP contribution in [-0.2, 0) is 16.9 Å². The molecule has 0 spiro atoms. The zero-order chi connectivity index (χ0) is 15.1. The molecule has 21 heavy (non-hydrogen) atoms. The Morgan fingerprint density at radius 3 is 2.52 bits per heavy atom. The molecule has 0 aromatic heterocycles. The van der Waals surface area contributed by atoms with Gasteiger partial charge in [0.15, 0.2) is 0 Å². The Morgan fingerprint density at radius 1 is 1.10 bits per heavy atom. The third-order valence-corrected chi connectivity index (χ3v) is 3.34. The molecule has 0 aliphatic carbocycles. The molecule has 1 atom stereocenters. The first-order valence-electron chi connectivity index (χ1n) is 6.86. The van der Waals surface area contributed by atoms with Gasteiger partial charge in [-0.3, -0.25) is 0 Å². The van der Waals surface area contributed by atoms with E-state index in [1.165, 1.54) is 0 Å². The van der Waals surface area contributed by atoms with Gasteiger partial charge in [-0.25, -0.2) is 0 Å². The first-order valence-corrected chi connectivity index (χ1v) is 6.86. The predicted octanol–water partition coefficient (Wildman–Crippen LogP) is 2.06. The van der Waals surface area contributed by atoms with Crippen LogP contribution in [0.4, 0.5) is 0 Å². The van der Waals surface area contributed by atoms with Crippen LogP contribution < -0.4 is 10.5 Å². The van der Waals surface area contributed by atoms with Crippen molar-refractivity contribution in [3.8, 4) is 5.75 Å². The summed E-state index contributed by atoms with van der Waals surface area (Å²) in [5.41, 5.74) is 6.30. The van der Waals surface area contributed by atoms with Crippen molar-refractivity contribution in [2.75, 3.05) is 20.3 Å². The third-order valence-electron chi connectivity index (χ3n) is 3.34. The van der Waals surface area contributed by atoms with Gasteiger partial charge in [0.25, 0.3) is 0 Å². The van der Waals surface area contributed by atoms with Gasteiger partial charge in [0.1, 0.15) is 18.0 Å². The fourth-order valence-corrected chi connectivity index (χ4v) is 2.10. The summed E-state index contributed by atoms with van der Waals surface area (Å²) in [4.78, 5) is 0. The highest BCUT2D eigenvalue weighted by atomic mass is 16.5. The highest BCUT2D eigenvalue weighted by Crippen LogP contribution is 2.22. The molecule has 112 valence electrons. The SMILES string of the molecule is COCc1cccc(OCC(O)(CN)c2ccccc2)c1. The summed E-state index contributed by atoms with van der Waals surface area (Å²) >= 11 is 0. The highest BCUT2D eigenvalue weighted by molar-refractivity contribution is 5.29. The Labute approximate surface area is 125 Å². The Morgan fingerprint density at radius 2 is 1.86 bits per heavy atom. The molecule has 0 aliphatic rings. The average Bonchev–Trinajstić information content (AvgIpc) is 2.54. The van der Waals surface area contributed by atoms with Crippen LogP contribution in [0.15, 0.2) is 54.6 Å². The van der Waals surface area contributed by atoms with Crippen molar-refractivity contribution >= 4 is 0 Å². The standard InChI is InChI=1S/C17H21NO3/c1-20-11-14-6-5-9-16(10-14)21-13-17(19,12-18)15-7-3-2-4-8-15/h2-10,19H,11-13,18H2,1H3. The van der Waals surface area contributed by atoms with E-state index in [0.717, 1.165) is 11.1 Å². The molecule has 2 rings (SSSR count).